The van der Waals surface area contributed by atoms with Gasteiger partial charge in [-0.2, -0.15) is 13.2 Å². The van der Waals surface area contributed by atoms with Gasteiger partial charge in [-0.05, 0) is 23.8 Å². The van der Waals surface area contributed by atoms with E-state index in [4.69, 9.17) is 0 Å². The Balaban J connectivity index is 0.00000256. The van der Waals surface area contributed by atoms with Gasteiger partial charge in [0.15, 0.2) is 0 Å². The molecule has 1 rings (SSSR count). The SMILES string of the molecule is O=S(=O)([O-])Cc1cc(C(F)(F)F)ccc1Br.[Na+]. The number of rotatable bonds is 2. The maximum atomic E-state index is 12.3. The molecule has 0 atom stereocenters. The third-order valence-electron chi connectivity index (χ3n) is 1.71. The van der Waals surface area contributed by atoms with Crippen molar-refractivity contribution in [3.05, 3.63) is 33.8 Å². The normalized spacial score (nSPS) is 12.1. The molecule has 90 valence electrons. The molecule has 0 heterocycles. The Hall–Kier alpha value is 0.400. The second-order valence-corrected chi connectivity index (χ2v) is 5.26. The minimum Gasteiger partial charge on any atom is -0.748 e. The van der Waals surface area contributed by atoms with Crippen LogP contribution in [0.5, 0.6) is 0 Å². The van der Waals surface area contributed by atoms with Crippen LogP contribution in [0.25, 0.3) is 0 Å². The summed E-state index contributed by atoms with van der Waals surface area (Å²) < 4.78 is 68.4. The number of halogens is 4. The van der Waals surface area contributed by atoms with Crippen LogP contribution in [0.15, 0.2) is 22.7 Å². The van der Waals surface area contributed by atoms with Gasteiger partial charge in [-0.15, -0.1) is 0 Å². The first-order chi connectivity index (χ1) is 7.09. The molecule has 0 N–H and O–H groups in total. The zero-order valence-electron chi connectivity index (χ0n) is 8.58. The van der Waals surface area contributed by atoms with Gasteiger partial charge in [-0.3, -0.25) is 0 Å². The van der Waals surface area contributed by atoms with Gasteiger partial charge in [0.25, 0.3) is 0 Å². The van der Waals surface area contributed by atoms with E-state index >= 15 is 0 Å². The van der Waals surface area contributed by atoms with Crippen LogP contribution in [0.2, 0.25) is 0 Å². The fraction of sp³-hybridized carbons (Fsp3) is 0.250. The Morgan fingerprint density at radius 2 is 1.82 bits per heavy atom. The summed E-state index contributed by atoms with van der Waals surface area (Å²) in [4.78, 5) is 0. The fourth-order valence-electron chi connectivity index (χ4n) is 1.05. The quantitative estimate of drug-likeness (QED) is 0.539. The summed E-state index contributed by atoms with van der Waals surface area (Å²) in [5.74, 6) is -0.975. The van der Waals surface area contributed by atoms with Gasteiger partial charge in [-0.1, -0.05) is 15.9 Å². The van der Waals surface area contributed by atoms with Gasteiger partial charge in [0.1, 0.15) is 0 Å². The molecule has 0 unspecified atom stereocenters. The molecule has 17 heavy (non-hydrogen) atoms. The summed E-state index contributed by atoms with van der Waals surface area (Å²) >= 11 is 2.88. The Morgan fingerprint density at radius 3 is 2.24 bits per heavy atom. The smallest absolute Gasteiger partial charge is 0.748 e. The Labute approximate surface area is 127 Å². The second kappa shape index (κ2) is 6.03. The molecule has 0 saturated carbocycles. The molecule has 9 heteroatoms. The van der Waals surface area contributed by atoms with Crippen LogP contribution in [0.3, 0.4) is 0 Å². The van der Waals surface area contributed by atoms with E-state index in [9.17, 15) is 26.1 Å². The molecule has 0 radical (unpaired) electrons. The van der Waals surface area contributed by atoms with Crippen LogP contribution in [-0.2, 0) is 22.0 Å². The van der Waals surface area contributed by atoms with Crippen molar-refractivity contribution >= 4 is 26.0 Å². The molecule has 0 aliphatic carbocycles. The zero-order valence-corrected chi connectivity index (χ0v) is 13.0. The van der Waals surface area contributed by atoms with Crippen LogP contribution in [-0.4, -0.2) is 13.0 Å². The molecule has 0 saturated heterocycles. The molecule has 0 fully saturated rings. The van der Waals surface area contributed by atoms with Crippen LogP contribution in [0, 0.1) is 0 Å². The van der Waals surface area contributed by atoms with Crippen molar-refractivity contribution in [2.24, 2.45) is 0 Å². The van der Waals surface area contributed by atoms with Gasteiger partial charge in [0.05, 0.1) is 21.4 Å². The summed E-state index contributed by atoms with van der Waals surface area (Å²) in [5, 5.41) is 0. The average Bonchev–Trinajstić information content (AvgIpc) is 2.04. The van der Waals surface area contributed by atoms with Gasteiger partial charge in [0.2, 0.25) is 0 Å². The molecule has 0 aliphatic rings. The molecule has 0 amide bonds. The molecule has 0 spiro atoms. The first-order valence-electron chi connectivity index (χ1n) is 3.89. The predicted molar refractivity (Wildman–Crippen MR) is 52.5 cm³/mol. The first kappa shape index (κ1) is 17.4. The summed E-state index contributed by atoms with van der Waals surface area (Å²) in [5.41, 5.74) is -1.20. The van der Waals surface area contributed by atoms with Crippen molar-refractivity contribution in [3.63, 3.8) is 0 Å². The van der Waals surface area contributed by atoms with Gasteiger partial charge in [0, 0.05) is 4.47 Å². The molecule has 3 nitrogen and oxygen atoms in total. The Morgan fingerprint density at radius 1 is 1.29 bits per heavy atom. The molecule has 0 aromatic heterocycles. The zero-order chi connectivity index (χ0) is 12.6. The van der Waals surface area contributed by atoms with Gasteiger partial charge in [-0.25, -0.2) is 8.42 Å². The minimum absolute atomic E-state index is 0. The predicted octanol–water partition coefficient (Wildman–Crippen LogP) is -0.483. The van der Waals surface area contributed by atoms with E-state index in [1.54, 1.807) is 0 Å². The van der Waals surface area contributed by atoms with Gasteiger partial charge < -0.3 is 4.55 Å². The van der Waals surface area contributed by atoms with Crippen LogP contribution in [0.4, 0.5) is 13.2 Å². The maximum Gasteiger partial charge on any atom is 1.00 e. The van der Waals surface area contributed by atoms with Crippen molar-refractivity contribution < 1.29 is 55.7 Å². The largest absolute Gasteiger partial charge is 1.00 e. The number of hydrogen-bond donors (Lipinski definition) is 0. The molecule has 0 aliphatic heterocycles. The third-order valence-corrected chi connectivity index (χ3v) is 3.14. The van der Waals surface area contributed by atoms with Crippen molar-refractivity contribution in [2.75, 3.05) is 0 Å². The van der Waals surface area contributed by atoms with Crippen molar-refractivity contribution in [1.82, 2.24) is 0 Å². The van der Waals surface area contributed by atoms with E-state index in [2.05, 4.69) is 15.9 Å². The number of hydrogen-bond acceptors (Lipinski definition) is 3. The number of benzene rings is 1. The first-order valence-corrected chi connectivity index (χ1v) is 6.26. The summed E-state index contributed by atoms with van der Waals surface area (Å²) in [6, 6.07) is 2.49. The van der Waals surface area contributed by atoms with Gasteiger partial charge >= 0.3 is 35.7 Å². The van der Waals surface area contributed by atoms with E-state index in [1.165, 1.54) is 0 Å². The van der Waals surface area contributed by atoms with E-state index in [-0.39, 0.29) is 39.6 Å². The Kier molecular flexibility index (Phi) is 6.17. The van der Waals surface area contributed by atoms with Crippen molar-refractivity contribution in [2.45, 2.75) is 11.9 Å². The Bertz CT molecular complexity index is 501. The molecule has 1 aromatic carbocycles. The topological polar surface area (TPSA) is 57.2 Å². The molecule has 1 aromatic rings. The van der Waals surface area contributed by atoms with Crippen molar-refractivity contribution in [3.8, 4) is 0 Å². The van der Waals surface area contributed by atoms with Crippen LogP contribution < -0.4 is 29.6 Å². The summed E-state index contributed by atoms with van der Waals surface area (Å²) in [7, 11) is -4.61. The minimum atomic E-state index is -4.61. The van der Waals surface area contributed by atoms with Crippen LogP contribution in [0.1, 0.15) is 11.1 Å². The van der Waals surface area contributed by atoms with E-state index in [0.717, 1.165) is 12.1 Å². The summed E-state index contributed by atoms with van der Waals surface area (Å²) in [6.45, 7) is 0. The van der Waals surface area contributed by atoms with Crippen LogP contribution >= 0.6 is 15.9 Å². The summed E-state index contributed by atoms with van der Waals surface area (Å²) in [6.07, 6.45) is -4.57. The number of alkyl halides is 3. The van der Waals surface area contributed by atoms with Crippen molar-refractivity contribution in [1.29, 1.82) is 0 Å². The van der Waals surface area contributed by atoms with E-state index in [1.807, 2.05) is 0 Å². The maximum absolute atomic E-state index is 12.3. The molecule has 0 bridgehead atoms. The average molecular weight is 341 g/mol. The molecular weight excluding hydrogens is 336 g/mol. The third kappa shape index (κ3) is 5.71. The fourth-order valence-corrected chi connectivity index (χ4v) is 2.24. The van der Waals surface area contributed by atoms with E-state index < -0.39 is 27.6 Å². The van der Waals surface area contributed by atoms with E-state index in [0.29, 0.717) is 6.07 Å². The standard InChI is InChI=1S/C8H6BrF3O3S.Na/c9-7-2-1-6(8(10,11)12)3-5(7)4-16(13,14)15;/h1-3H,4H2,(H,13,14,15);/q;+1/p-1. The molecular formula is C8H5BrF3NaO3S. The monoisotopic (exact) mass is 340 g/mol. The second-order valence-electron chi connectivity index (χ2n) is 3.01.